The van der Waals surface area contributed by atoms with Crippen molar-refractivity contribution in [3.05, 3.63) is 20.3 Å². The van der Waals surface area contributed by atoms with Crippen LogP contribution in [0.15, 0.2) is 20.3 Å². The largest absolute Gasteiger partial charge is 0.408 e. The topological polar surface area (TPSA) is 126 Å². The number of fused-ring (bicyclic) bond motifs is 2. The SMILES string of the molecule is CC(=O)C[C@H]1CC[C@@H]2O[C@@H]([C@H](/C=C/I)O[Si](C)(C)C(C)(C)C)[C@@H](O[Si](C)(C)C(C)(C)C)[C@@H](O[Si](C)(C)C(C)(C)C)[C@H]2O1.CC(C)(C)[Si](C)(C)O[C@@H]1[C@H](O[Si](C)(C)C(C)(C)C)[C@H]([C@H](/C=C/I)O[Si](C)(C)C(C)(C)C)O[C@H]2CC[C@H](CC=O)O[C@H]12. The highest BCUT2D eigenvalue weighted by atomic mass is 127. The summed E-state index contributed by atoms with van der Waals surface area (Å²) in [7, 11) is -13.4. The molecule has 14 atom stereocenters. The molecule has 4 heterocycles. The third kappa shape index (κ3) is 20.3. The fourth-order valence-electron chi connectivity index (χ4n) is 9.45. The van der Waals surface area contributed by atoms with Crippen LogP contribution in [-0.2, 0) is 55.1 Å². The monoisotopic (exact) mass is 1490 g/mol. The van der Waals surface area contributed by atoms with E-state index in [1.165, 1.54) is 0 Å². The van der Waals surface area contributed by atoms with Crippen LogP contribution in [0.1, 0.15) is 170 Å². The molecule has 4 aliphatic rings. The lowest BCUT2D eigenvalue weighted by molar-refractivity contribution is -0.266. The van der Waals surface area contributed by atoms with Crippen molar-refractivity contribution in [3.8, 4) is 0 Å². The molecule has 4 rings (SSSR count). The molecule has 12 nitrogen and oxygen atoms in total. The number of hydrogen-bond donors (Lipinski definition) is 0. The fraction of sp³-hybridized carbons (Fsp3) is 0.905. The Morgan fingerprint density at radius 2 is 0.723 bits per heavy atom. The highest BCUT2D eigenvalue weighted by Crippen LogP contribution is 2.50. The van der Waals surface area contributed by atoms with Gasteiger partial charge in [-0.25, -0.2) is 0 Å². The van der Waals surface area contributed by atoms with E-state index in [1.54, 1.807) is 6.92 Å². The second kappa shape index (κ2) is 29.0. The Morgan fingerprint density at radius 1 is 0.446 bits per heavy atom. The van der Waals surface area contributed by atoms with Gasteiger partial charge in [0, 0.05) is 12.8 Å². The van der Waals surface area contributed by atoms with Crippen molar-refractivity contribution in [1.29, 1.82) is 0 Å². The standard InChI is InChI=1S/C32H63IO6Si3.C31H61IO6Si3/c1-22(34)21-23-17-18-24-26(35-23)28(38-41(13,14)31(5,6)7)29(39-42(15,16)32(8,9)10)27(36-24)25(19-20-33)37-40(11,12)30(2,3)4;1-29(2,3)39(10,11)36-24(18-20-32)26-28(38-41(14,15)31(7,8)9)27(37-40(12,13)30(4,5)6)25-23(35-26)17-16-22(34-25)19-21-33/h19-20,23-29H,17-18,21H2,1-16H3;18,20-28H,16-17,19H2,1-15H3/b20-19+;20-18+/t23-,24+,25+,26+,27+,28+,29-;22-,23+,24+,25+,26+,27+,28-/m11/s1. The van der Waals surface area contributed by atoms with Crippen molar-refractivity contribution in [2.45, 2.75) is 364 Å². The quantitative estimate of drug-likeness (QED) is 0.0654. The van der Waals surface area contributed by atoms with E-state index in [4.69, 9.17) is 45.5 Å². The second-order valence-corrected chi connectivity index (χ2v) is 63.9. The molecule has 486 valence electrons. The smallest absolute Gasteiger partial charge is 0.193 e. The van der Waals surface area contributed by atoms with E-state index in [-0.39, 0.29) is 121 Å². The molecule has 0 aromatic carbocycles. The Morgan fingerprint density at radius 3 is 0.988 bits per heavy atom. The van der Waals surface area contributed by atoms with Gasteiger partial charge in [-0.2, -0.15) is 0 Å². The van der Waals surface area contributed by atoms with Crippen LogP contribution in [0.5, 0.6) is 0 Å². The van der Waals surface area contributed by atoms with Gasteiger partial charge in [0.1, 0.15) is 60.9 Å². The Hall–Kier alpha value is 1.18. The molecule has 0 aromatic rings. The van der Waals surface area contributed by atoms with Gasteiger partial charge >= 0.3 is 0 Å². The van der Waals surface area contributed by atoms with Gasteiger partial charge in [0.15, 0.2) is 49.9 Å². The molecule has 4 aliphatic heterocycles. The zero-order valence-corrected chi connectivity index (χ0v) is 68.7. The van der Waals surface area contributed by atoms with Gasteiger partial charge in [-0.3, -0.25) is 4.79 Å². The maximum Gasteiger partial charge on any atom is 0.193 e. The first-order valence-electron chi connectivity index (χ1n) is 31.3. The minimum atomic E-state index is -2.29. The molecule has 4 fully saturated rings. The summed E-state index contributed by atoms with van der Waals surface area (Å²) in [5, 5.41) is 0.0958. The molecule has 20 heteroatoms. The molecule has 0 bridgehead atoms. The summed E-state index contributed by atoms with van der Waals surface area (Å²) in [6, 6.07) is 0. The number of aldehydes is 1. The molecular weight excluding hydrogens is 1370 g/mol. The van der Waals surface area contributed by atoms with Crippen molar-refractivity contribution in [2.24, 2.45) is 0 Å². The lowest BCUT2D eigenvalue weighted by atomic mass is 9.87. The van der Waals surface area contributed by atoms with E-state index in [0.717, 1.165) is 32.0 Å². The Bertz CT molecular complexity index is 2150. The molecule has 0 N–H and O–H groups in total. The normalized spacial score (nSPS) is 29.7. The van der Waals surface area contributed by atoms with Crippen molar-refractivity contribution in [1.82, 2.24) is 0 Å². The van der Waals surface area contributed by atoms with Gasteiger partial charge < -0.3 is 50.3 Å². The van der Waals surface area contributed by atoms with Gasteiger partial charge in [-0.15, -0.1) is 0 Å². The van der Waals surface area contributed by atoms with Crippen LogP contribution < -0.4 is 0 Å². The average molecular weight is 1500 g/mol. The first kappa shape index (κ1) is 78.4. The van der Waals surface area contributed by atoms with Crippen molar-refractivity contribution in [3.63, 3.8) is 0 Å². The van der Waals surface area contributed by atoms with E-state index < -0.39 is 49.9 Å². The van der Waals surface area contributed by atoms with Crippen LogP contribution in [0, 0.1) is 0 Å². The van der Waals surface area contributed by atoms with Crippen LogP contribution in [0.4, 0.5) is 0 Å². The van der Waals surface area contributed by atoms with Crippen molar-refractivity contribution >= 4 is 107 Å². The molecule has 0 amide bonds. The summed E-state index contributed by atoms with van der Waals surface area (Å²) < 4.78 is 75.4. The lowest BCUT2D eigenvalue weighted by Crippen LogP contribution is -2.69. The number of ether oxygens (including phenoxy) is 4. The van der Waals surface area contributed by atoms with Gasteiger partial charge in [0.25, 0.3) is 0 Å². The molecule has 4 saturated heterocycles. The number of halogens is 2. The minimum Gasteiger partial charge on any atom is -0.408 e. The molecule has 0 radical (unpaired) electrons. The molecule has 83 heavy (non-hydrogen) atoms. The van der Waals surface area contributed by atoms with Gasteiger partial charge in [-0.1, -0.05) is 170 Å². The Balaban J connectivity index is 0.000000435. The van der Waals surface area contributed by atoms with Crippen LogP contribution in [0.2, 0.25) is 109 Å². The maximum atomic E-state index is 12.1. The van der Waals surface area contributed by atoms with Crippen LogP contribution in [0.3, 0.4) is 0 Å². The van der Waals surface area contributed by atoms with E-state index in [1.807, 2.05) is 0 Å². The molecule has 0 aliphatic carbocycles. The highest BCUT2D eigenvalue weighted by molar-refractivity contribution is 14.1. The third-order valence-corrected chi connectivity index (χ3v) is 48.7. The summed E-state index contributed by atoms with van der Waals surface area (Å²) in [5.74, 6) is 0.152. The zero-order valence-electron chi connectivity index (χ0n) is 58.4. The Labute approximate surface area is 542 Å². The second-order valence-electron chi connectivity index (χ2n) is 33.9. The molecule has 0 unspecified atom stereocenters. The summed E-state index contributed by atoms with van der Waals surface area (Å²) in [4.78, 5) is 23.6. The molecular formula is C63H124I2O12Si6. The molecule has 0 spiro atoms. The van der Waals surface area contributed by atoms with Gasteiger partial charge in [0.2, 0.25) is 0 Å². The van der Waals surface area contributed by atoms with E-state index >= 15 is 0 Å². The van der Waals surface area contributed by atoms with E-state index in [0.29, 0.717) is 12.8 Å². The minimum absolute atomic E-state index is 0.00170. The summed E-state index contributed by atoms with van der Waals surface area (Å²) in [5.41, 5.74) is 0. The summed E-state index contributed by atoms with van der Waals surface area (Å²) in [6.45, 7) is 70.2. The highest BCUT2D eigenvalue weighted by Gasteiger charge is 2.60. The number of rotatable bonds is 20. The van der Waals surface area contributed by atoms with Crippen LogP contribution >= 0.6 is 45.2 Å². The van der Waals surface area contributed by atoms with Crippen molar-refractivity contribution < 1.29 is 55.1 Å². The number of carbonyl (C=O) groups excluding carboxylic acids is 2. The van der Waals surface area contributed by atoms with E-state index in [2.05, 4.69) is 269 Å². The number of hydrogen-bond acceptors (Lipinski definition) is 12. The molecule has 0 aromatic heterocycles. The number of Topliss-reactive ketones (excluding diaryl/α,β-unsaturated/α-hetero) is 1. The first-order valence-corrected chi connectivity index (χ1v) is 51.2. The molecule has 0 saturated carbocycles. The Kier molecular flexibility index (Phi) is 27.4. The number of carbonyl (C=O) groups is 2. The lowest BCUT2D eigenvalue weighted by Gasteiger charge is -2.56. The van der Waals surface area contributed by atoms with E-state index in [9.17, 15) is 9.59 Å². The zero-order chi connectivity index (χ0) is 64.5. The number of ketones is 1. The summed E-state index contributed by atoms with van der Waals surface area (Å²) >= 11 is 4.59. The summed E-state index contributed by atoms with van der Waals surface area (Å²) in [6.07, 6.45) is 5.52. The predicted molar refractivity (Wildman–Crippen MR) is 378 cm³/mol. The maximum absolute atomic E-state index is 12.1. The third-order valence-electron chi connectivity index (χ3n) is 21.1. The van der Waals surface area contributed by atoms with Crippen molar-refractivity contribution in [2.75, 3.05) is 0 Å². The average Bonchev–Trinajstić information content (AvgIpc) is 3.23. The predicted octanol–water partition coefficient (Wildman–Crippen LogP) is 18.4. The van der Waals surface area contributed by atoms with Gasteiger partial charge in [0.05, 0.1) is 36.6 Å². The van der Waals surface area contributed by atoms with Crippen LogP contribution in [0.25, 0.3) is 0 Å². The van der Waals surface area contributed by atoms with Crippen LogP contribution in [-0.4, -0.2) is 147 Å². The fourth-order valence-corrected chi connectivity index (χ4v) is 18.0. The first-order chi connectivity index (χ1) is 37.1. The van der Waals surface area contributed by atoms with Gasteiger partial charge in [-0.05, 0) is 162 Å².